The molecule has 0 saturated carbocycles. The first kappa shape index (κ1) is 23.1. The number of anilines is 1. The summed E-state index contributed by atoms with van der Waals surface area (Å²) in [6, 6.07) is 19.5. The summed E-state index contributed by atoms with van der Waals surface area (Å²) in [5.41, 5.74) is 4.08. The predicted octanol–water partition coefficient (Wildman–Crippen LogP) is 4.53. The van der Waals surface area contributed by atoms with Crippen molar-refractivity contribution in [3.05, 3.63) is 88.2 Å². The maximum absolute atomic E-state index is 13.4. The molecular formula is C27H23N3O3S2. The Bertz CT molecular complexity index is 1660. The van der Waals surface area contributed by atoms with Crippen molar-refractivity contribution >= 4 is 43.2 Å². The van der Waals surface area contributed by atoms with Gasteiger partial charge < -0.3 is 4.57 Å². The Kier molecular flexibility index (Phi) is 6.05. The van der Waals surface area contributed by atoms with Gasteiger partial charge in [0, 0.05) is 12.1 Å². The van der Waals surface area contributed by atoms with Crippen molar-refractivity contribution in [2.75, 3.05) is 10.8 Å². The number of fused-ring (bicyclic) bond motifs is 2. The summed E-state index contributed by atoms with van der Waals surface area (Å²) < 4.78 is 31.0. The number of thiazole rings is 1. The van der Waals surface area contributed by atoms with Crippen molar-refractivity contribution in [2.24, 2.45) is 4.99 Å². The molecule has 35 heavy (non-hydrogen) atoms. The minimum atomic E-state index is -3.75. The summed E-state index contributed by atoms with van der Waals surface area (Å²) in [5.74, 6) is 2.17. The van der Waals surface area contributed by atoms with Gasteiger partial charge in [-0.15, -0.1) is 6.42 Å². The second-order valence-corrected chi connectivity index (χ2v) is 11.3. The largest absolute Gasteiger partial charge is 0.305 e. The normalized spacial score (nSPS) is 14.1. The highest BCUT2D eigenvalue weighted by atomic mass is 32.2. The Balaban J connectivity index is 1.47. The van der Waals surface area contributed by atoms with Crippen molar-refractivity contribution in [3.8, 4) is 12.3 Å². The lowest BCUT2D eigenvalue weighted by atomic mass is 10.0. The van der Waals surface area contributed by atoms with Crippen LogP contribution in [0.5, 0.6) is 0 Å². The zero-order valence-corrected chi connectivity index (χ0v) is 20.8. The zero-order chi connectivity index (χ0) is 24.6. The van der Waals surface area contributed by atoms with Gasteiger partial charge in [-0.05, 0) is 73.4 Å². The van der Waals surface area contributed by atoms with E-state index in [0.717, 1.165) is 34.2 Å². The second-order valence-electron chi connectivity index (χ2n) is 8.40. The van der Waals surface area contributed by atoms with E-state index < -0.39 is 15.9 Å². The van der Waals surface area contributed by atoms with Gasteiger partial charge in [-0.1, -0.05) is 41.5 Å². The molecule has 0 saturated heterocycles. The lowest BCUT2D eigenvalue weighted by molar-refractivity contribution is 0.0998. The van der Waals surface area contributed by atoms with Gasteiger partial charge in [0.2, 0.25) is 0 Å². The molecule has 2 heterocycles. The fourth-order valence-electron chi connectivity index (χ4n) is 4.31. The van der Waals surface area contributed by atoms with E-state index in [1.165, 1.54) is 39.9 Å². The fourth-order valence-corrected chi connectivity index (χ4v) is 6.97. The Hall–Kier alpha value is -3.67. The third-order valence-corrected chi connectivity index (χ3v) is 8.91. The number of aromatic nitrogens is 1. The van der Waals surface area contributed by atoms with Gasteiger partial charge in [-0.25, -0.2) is 8.42 Å². The number of carbonyl (C=O) groups excluding carboxylic acids is 1. The van der Waals surface area contributed by atoms with Crippen molar-refractivity contribution in [1.29, 1.82) is 0 Å². The highest BCUT2D eigenvalue weighted by Gasteiger charge is 2.29. The van der Waals surface area contributed by atoms with Gasteiger partial charge in [0.1, 0.15) is 0 Å². The zero-order valence-electron chi connectivity index (χ0n) is 19.1. The first-order valence-corrected chi connectivity index (χ1v) is 13.5. The molecule has 176 valence electrons. The molecule has 0 spiro atoms. The first-order chi connectivity index (χ1) is 16.9. The Labute approximate surface area is 208 Å². The molecule has 1 aromatic heterocycles. The Morgan fingerprint density at radius 1 is 1.11 bits per heavy atom. The Morgan fingerprint density at radius 2 is 1.89 bits per heavy atom. The second kappa shape index (κ2) is 9.17. The van der Waals surface area contributed by atoms with Crippen LogP contribution in [0.1, 0.15) is 27.9 Å². The fraction of sp³-hybridized carbons (Fsp3) is 0.185. The van der Waals surface area contributed by atoms with E-state index in [4.69, 9.17) is 6.42 Å². The number of carbonyl (C=O) groups is 1. The van der Waals surface area contributed by atoms with Crippen LogP contribution in [0.25, 0.3) is 10.2 Å². The van der Waals surface area contributed by atoms with Crippen molar-refractivity contribution in [2.45, 2.75) is 31.2 Å². The van der Waals surface area contributed by atoms with E-state index in [9.17, 15) is 13.2 Å². The number of amides is 1. The van der Waals surface area contributed by atoms with Crippen LogP contribution in [-0.2, 0) is 23.0 Å². The molecule has 0 bridgehead atoms. The van der Waals surface area contributed by atoms with Crippen LogP contribution in [0.4, 0.5) is 5.69 Å². The number of hydrogen-bond acceptors (Lipinski definition) is 4. The smallest absolute Gasteiger partial charge is 0.279 e. The van der Waals surface area contributed by atoms with Gasteiger partial charge in [0.15, 0.2) is 4.80 Å². The Morgan fingerprint density at radius 3 is 2.66 bits per heavy atom. The molecule has 1 amide bonds. The molecule has 0 radical (unpaired) electrons. The molecule has 1 aliphatic heterocycles. The number of terminal acetylenes is 1. The summed E-state index contributed by atoms with van der Waals surface area (Å²) in [7, 11) is -3.75. The van der Waals surface area contributed by atoms with Crippen LogP contribution >= 0.6 is 11.3 Å². The molecule has 4 aromatic rings. The van der Waals surface area contributed by atoms with Crippen molar-refractivity contribution in [1.82, 2.24) is 4.57 Å². The third-order valence-electron chi connectivity index (χ3n) is 6.04. The number of para-hydroxylation sites is 1. The molecule has 0 aliphatic carbocycles. The summed E-state index contributed by atoms with van der Waals surface area (Å²) in [5, 5.41) is 0. The highest BCUT2D eigenvalue weighted by molar-refractivity contribution is 7.92. The van der Waals surface area contributed by atoms with Gasteiger partial charge in [-0.2, -0.15) is 4.99 Å². The molecule has 6 nitrogen and oxygen atoms in total. The summed E-state index contributed by atoms with van der Waals surface area (Å²) >= 11 is 1.40. The maximum atomic E-state index is 13.4. The van der Waals surface area contributed by atoms with E-state index in [2.05, 4.69) is 10.9 Å². The molecule has 0 fully saturated rings. The maximum Gasteiger partial charge on any atom is 0.279 e. The summed E-state index contributed by atoms with van der Waals surface area (Å²) in [6.45, 7) is 2.73. The van der Waals surface area contributed by atoms with E-state index in [-0.39, 0.29) is 4.90 Å². The van der Waals surface area contributed by atoms with E-state index in [1.54, 1.807) is 0 Å². The van der Waals surface area contributed by atoms with Crippen LogP contribution < -0.4 is 9.11 Å². The quantitative estimate of drug-likeness (QED) is 0.386. The lowest BCUT2D eigenvalue weighted by Gasteiger charge is -2.30. The number of benzene rings is 3. The topological polar surface area (TPSA) is 71.7 Å². The molecule has 5 rings (SSSR count). The first-order valence-electron chi connectivity index (χ1n) is 11.2. The molecule has 0 N–H and O–H groups in total. The number of rotatable bonds is 4. The number of sulfonamides is 1. The van der Waals surface area contributed by atoms with Gasteiger partial charge >= 0.3 is 0 Å². The average molecular weight is 502 g/mol. The molecule has 8 heteroatoms. The molecular weight excluding hydrogens is 478 g/mol. The SMILES string of the molecule is C#CCn1c(=NC(=O)c2ccc(S(=O)(=O)N3CCCc4ccccc43)cc2)sc2cc(C)ccc21. The monoisotopic (exact) mass is 501 g/mol. The van der Waals surface area contributed by atoms with E-state index in [1.807, 2.05) is 54.0 Å². The summed E-state index contributed by atoms with van der Waals surface area (Å²) in [4.78, 5) is 17.9. The van der Waals surface area contributed by atoms with E-state index >= 15 is 0 Å². The van der Waals surface area contributed by atoms with Crippen molar-refractivity contribution in [3.63, 3.8) is 0 Å². The van der Waals surface area contributed by atoms with Crippen LogP contribution in [0.2, 0.25) is 0 Å². The summed E-state index contributed by atoms with van der Waals surface area (Å²) in [6.07, 6.45) is 7.16. The van der Waals surface area contributed by atoms with Gasteiger partial charge in [-0.3, -0.25) is 9.10 Å². The van der Waals surface area contributed by atoms with Crippen LogP contribution in [0.3, 0.4) is 0 Å². The minimum Gasteiger partial charge on any atom is -0.305 e. The molecule has 0 atom stereocenters. The number of hydrogen-bond donors (Lipinski definition) is 0. The van der Waals surface area contributed by atoms with Gasteiger partial charge in [0.05, 0.1) is 27.3 Å². The average Bonchev–Trinajstić information content (AvgIpc) is 3.19. The van der Waals surface area contributed by atoms with Crippen LogP contribution in [0, 0.1) is 19.3 Å². The number of nitrogens with zero attached hydrogens (tertiary/aromatic N) is 3. The highest BCUT2D eigenvalue weighted by Crippen LogP contribution is 2.31. The predicted molar refractivity (Wildman–Crippen MR) is 139 cm³/mol. The third kappa shape index (κ3) is 4.29. The van der Waals surface area contributed by atoms with Crippen molar-refractivity contribution < 1.29 is 13.2 Å². The standard InChI is InChI=1S/C27H23N3O3S2/c1-3-16-29-24-15-10-19(2)18-25(24)34-27(29)28-26(31)21-11-13-22(14-12-21)35(32,33)30-17-6-8-20-7-4-5-9-23(20)30/h1,4-5,7,9-15,18H,6,8,16-17H2,2H3. The minimum absolute atomic E-state index is 0.144. The van der Waals surface area contributed by atoms with Crippen LogP contribution in [0.15, 0.2) is 76.6 Å². The molecule has 1 aliphatic rings. The molecule has 3 aromatic carbocycles. The van der Waals surface area contributed by atoms with Gasteiger partial charge in [0.25, 0.3) is 15.9 Å². The van der Waals surface area contributed by atoms with Crippen LogP contribution in [-0.4, -0.2) is 25.4 Å². The lowest BCUT2D eigenvalue weighted by Crippen LogP contribution is -2.35. The number of aryl methyl sites for hydroxylation is 2. The molecule has 0 unspecified atom stereocenters. The van der Waals surface area contributed by atoms with E-state index in [0.29, 0.717) is 29.1 Å².